The topological polar surface area (TPSA) is 86.3 Å². The smallest absolute Gasteiger partial charge is 0.258 e. The highest BCUT2D eigenvalue weighted by Crippen LogP contribution is 2.25. The van der Waals surface area contributed by atoms with Crippen LogP contribution in [0.25, 0.3) is 0 Å². The minimum atomic E-state index is -0.612. The highest BCUT2D eigenvalue weighted by atomic mass is 16.6. The Morgan fingerprint density at radius 2 is 1.48 bits per heavy atom. The monoisotopic (exact) mass is 286 g/mol. The van der Waals surface area contributed by atoms with Gasteiger partial charge in [-0.1, -0.05) is 23.8 Å². The molecule has 0 radical (unpaired) electrons. The van der Waals surface area contributed by atoms with Crippen molar-refractivity contribution in [3.63, 3.8) is 0 Å². The van der Waals surface area contributed by atoms with E-state index in [9.17, 15) is 20.2 Å². The van der Waals surface area contributed by atoms with Crippen molar-refractivity contribution in [2.45, 2.75) is 20.3 Å². The van der Waals surface area contributed by atoms with Gasteiger partial charge in [0.05, 0.1) is 15.9 Å². The van der Waals surface area contributed by atoms with Crippen LogP contribution in [0.5, 0.6) is 0 Å². The number of aryl methyl sites for hydroxylation is 2. The number of benzene rings is 2. The number of nitrogens with zero attached hydrogens (tertiary/aromatic N) is 2. The predicted octanol–water partition coefficient (Wildman–Crippen LogP) is 3.71. The fraction of sp³-hybridized carbons (Fsp3) is 0.200. The van der Waals surface area contributed by atoms with Crippen molar-refractivity contribution in [3.05, 3.63) is 78.9 Å². The van der Waals surface area contributed by atoms with Crippen LogP contribution in [0, 0.1) is 34.1 Å². The largest absolute Gasteiger partial charge is 0.276 e. The third kappa shape index (κ3) is 3.42. The van der Waals surface area contributed by atoms with Gasteiger partial charge in [0, 0.05) is 12.1 Å². The summed E-state index contributed by atoms with van der Waals surface area (Å²) < 4.78 is 0. The van der Waals surface area contributed by atoms with Crippen LogP contribution in [0.15, 0.2) is 36.4 Å². The van der Waals surface area contributed by atoms with Crippen molar-refractivity contribution in [2.24, 2.45) is 0 Å². The second-order valence-corrected chi connectivity index (χ2v) is 4.98. The Morgan fingerprint density at radius 3 is 2.00 bits per heavy atom. The van der Waals surface area contributed by atoms with Crippen molar-refractivity contribution in [3.8, 4) is 0 Å². The third-order valence-electron chi connectivity index (χ3n) is 3.28. The van der Waals surface area contributed by atoms with Crippen molar-refractivity contribution >= 4 is 11.4 Å². The first-order valence-corrected chi connectivity index (χ1v) is 6.35. The molecule has 2 rings (SSSR count). The van der Waals surface area contributed by atoms with Gasteiger partial charge in [-0.2, -0.15) is 0 Å². The van der Waals surface area contributed by atoms with Gasteiger partial charge in [-0.05, 0) is 37.0 Å². The Hall–Kier alpha value is -2.76. The molecule has 108 valence electrons. The summed E-state index contributed by atoms with van der Waals surface area (Å²) in [7, 11) is 0. The van der Waals surface area contributed by atoms with E-state index < -0.39 is 9.85 Å². The Balaban J connectivity index is 2.45. The summed E-state index contributed by atoms with van der Waals surface area (Å²) in [4.78, 5) is 20.5. The predicted molar refractivity (Wildman–Crippen MR) is 78.5 cm³/mol. The maximum absolute atomic E-state index is 10.9. The first-order valence-electron chi connectivity index (χ1n) is 6.35. The maximum Gasteiger partial charge on any atom is 0.276 e. The van der Waals surface area contributed by atoms with Crippen molar-refractivity contribution < 1.29 is 9.85 Å². The molecule has 6 nitrogen and oxygen atoms in total. The molecule has 0 atom stereocenters. The molecule has 21 heavy (non-hydrogen) atoms. The summed E-state index contributed by atoms with van der Waals surface area (Å²) in [5.41, 5.74) is 3.17. The average molecular weight is 286 g/mol. The molecule has 6 heteroatoms. The fourth-order valence-electron chi connectivity index (χ4n) is 2.18. The number of nitro benzene ring substituents is 2. The van der Waals surface area contributed by atoms with Crippen molar-refractivity contribution in [1.82, 2.24) is 0 Å². The summed E-state index contributed by atoms with van der Waals surface area (Å²) in [6, 6.07) is 9.68. The van der Waals surface area contributed by atoms with Gasteiger partial charge in [-0.25, -0.2) is 0 Å². The van der Waals surface area contributed by atoms with Gasteiger partial charge in [-0.3, -0.25) is 20.2 Å². The standard InChI is InChI=1S/C15H14N2O4/c1-10-3-4-11(2)13(5-10)6-12-7-14(16(18)19)9-15(8-12)17(20)21/h3-5,7-9H,6H2,1-2H3. The molecule has 0 saturated heterocycles. The van der Waals surface area contributed by atoms with Crippen LogP contribution < -0.4 is 0 Å². The average Bonchev–Trinajstić information content (AvgIpc) is 2.42. The number of rotatable bonds is 4. The zero-order chi connectivity index (χ0) is 15.6. The van der Waals surface area contributed by atoms with E-state index in [4.69, 9.17) is 0 Å². The molecule has 0 aliphatic rings. The molecule has 0 saturated carbocycles. The quantitative estimate of drug-likeness (QED) is 0.633. The molecular formula is C15H14N2O4. The van der Waals surface area contributed by atoms with E-state index in [-0.39, 0.29) is 11.4 Å². The molecule has 0 heterocycles. The first kappa shape index (κ1) is 14.6. The Bertz CT molecular complexity index is 693. The minimum absolute atomic E-state index is 0.260. The van der Waals surface area contributed by atoms with Gasteiger partial charge >= 0.3 is 0 Å². The van der Waals surface area contributed by atoms with Gasteiger partial charge in [0.15, 0.2) is 0 Å². The number of hydrogen-bond acceptors (Lipinski definition) is 4. The summed E-state index contributed by atoms with van der Waals surface area (Å²) in [6.07, 6.45) is 0.427. The van der Waals surface area contributed by atoms with Gasteiger partial charge in [0.2, 0.25) is 0 Å². The molecular weight excluding hydrogens is 272 g/mol. The molecule has 0 aliphatic heterocycles. The maximum atomic E-state index is 10.9. The molecule has 0 amide bonds. The molecule has 0 aromatic heterocycles. The van der Waals surface area contributed by atoms with E-state index in [1.165, 1.54) is 12.1 Å². The second-order valence-electron chi connectivity index (χ2n) is 4.98. The summed E-state index contributed by atoms with van der Waals surface area (Å²) in [5, 5.41) is 21.8. The lowest BCUT2D eigenvalue weighted by Gasteiger charge is -2.07. The molecule has 0 fully saturated rings. The van der Waals surface area contributed by atoms with Crippen LogP contribution >= 0.6 is 0 Å². The lowest BCUT2D eigenvalue weighted by Crippen LogP contribution is -1.98. The molecule has 0 bridgehead atoms. The molecule has 0 aliphatic carbocycles. The minimum Gasteiger partial charge on any atom is -0.258 e. The van der Waals surface area contributed by atoms with Crippen LogP contribution in [0.3, 0.4) is 0 Å². The zero-order valence-electron chi connectivity index (χ0n) is 11.7. The lowest BCUT2D eigenvalue weighted by molar-refractivity contribution is -0.394. The van der Waals surface area contributed by atoms with Gasteiger partial charge in [-0.15, -0.1) is 0 Å². The zero-order valence-corrected chi connectivity index (χ0v) is 11.7. The van der Waals surface area contributed by atoms with E-state index in [0.717, 1.165) is 22.8 Å². The number of nitro groups is 2. The Labute approximate surface area is 121 Å². The normalized spacial score (nSPS) is 10.4. The molecule has 2 aromatic rings. The molecule has 2 aromatic carbocycles. The summed E-state index contributed by atoms with van der Waals surface area (Å²) >= 11 is 0. The van der Waals surface area contributed by atoms with Gasteiger partial charge in [0.1, 0.15) is 0 Å². The highest BCUT2D eigenvalue weighted by molar-refractivity contribution is 5.48. The van der Waals surface area contributed by atoms with Gasteiger partial charge < -0.3 is 0 Å². The summed E-state index contributed by atoms with van der Waals surface area (Å²) in [5.74, 6) is 0. The Morgan fingerprint density at radius 1 is 0.905 bits per heavy atom. The molecule has 0 spiro atoms. The van der Waals surface area contributed by atoms with Crippen LogP contribution in [0.1, 0.15) is 22.3 Å². The van der Waals surface area contributed by atoms with E-state index in [0.29, 0.717) is 12.0 Å². The van der Waals surface area contributed by atoms with E-state index >= 15 is 0 Å². The van der Waals surface area contributed by atoms with E-state index in [1.807, 2.05) is 32.0 Å². The van der Waals surface area contributed by atoms with Crippen LogP contribution in [-0.4, -0.2) is 9.85 Å². The van der Waals surface area contributed by atoms with Crippen LogP contribution in [-0.2, 0) is 6.42 Å². The Kier molecular flexibility index (Phi) is 3.98. The van der Waals surface area contributed by atoms with Crippen LogP contribution in [0.2, 0.25) is 0 Å². The first-order chi connectivity index (χ1) is 9.86. The van der Waals surface area contributed by atoms with Crippen molar-refractivity contribution in [2.75, 3.05) is 0 Å². The molecule has 0 N–H and O–H groups in total. The van der Waals surface area contributed by atoms with E-state index in [1.54, 1.807) is 0 Å². The third-order valence-corrected chi connectivity index (χ3v) is 3.28. The van der Waals surface area contributed by atoms with E-state index in [2.05, 4.69) is 0 Å². The lowest BCUT2D eigenvalue weighted by atomic mass is 9.98. The number of hydrogen-bond donors (Lipinski definition) is 0. The SMILES string of the molecule is Cc1ccc(C)c(Cc2cc([N+](=O)[O-])cc([N+](=O)[O-])c2)c1. The van der Waals surface area contributed by atoms with Crippen LogP contribution in [0.4, 0.5) is 11.4 Å². The van der Waals surface area contributed by atoms with Gasteiger partial charge in [0.25, 0.3) is 11.4 Å². The molecule has 0 unspecified atom stereocenters. The fourth-order valence-corrected chi connectivity index (χ4v) is 2.18. The number of non-ortho nitro benzene ring substituents is 2. The summed E-state index contributed by atoms with van der Waals surface area (Å²) in [6.45, 7) is 3.90. The second kappa shape index (κ2) is 5.70. The highest BCUT2D eigenvalue weighted by Gasteiger charge is 2.16. The van der Waals surface area contributed by atoms with Crippen molar-refractivity contribution in [1.29, 1.82) is 0 Å².